The van der Waals surface area contributed by atoms with Crippen LogP contribution in [0.3, 0.4) is 0 Å². The molecule has 0 unspecified atom stereocenters. The molecule has 0 atom stereocenters. The summed E-state index contributed by atoms with van der Waals surface area (Å²) in [7, 11) is 1.82. The van der Waals surface area contributed by atoms with Crippen molar-refractivity contribution in [3.8, 4) is 11.3 Å². The molecule has 1 fully saturated rings. The Bertz CT molecular complexity index is 1090. The summed E-state index contributed by atoms with van der Waals surface area (Å²) in [5.41, 5.74) is 6.93. The first-order valence-corrected chi connectivity index (χ1v) is 11.6. The van der Waals surface area contributed by atoms with Gasteiger partial charge in [0.15, 0.2) is 0 Å². The maximum absolute atomic E-state index is 12.2. The minimum atomic E-state index is 0.0542. The Balaban J connectivity index is 1.69. The second-order valence-electron chi connectivity index (χ2n) is 9.39. The number of rotatable bonds is 6. The van der Waals surface area contributed by atoms with Gasteiger partial charge in [0.05, 0.1) is 5.69 Å². The van der Waals surface area contributed by atoms with Gasteiger partial charge in [-0.25, -0.2) is 0 Å². The van der Waals surface area contributed by atoms with Gasteiger partial charge < -0.3 is 19.6 Å². The third-order valence-electron chi connectivity index (χ3n) is 6.78. The zero-order valence-corrected chi connectivity index (χ0v) is 19.2. The van der Waals surface area contributed by atoms with Crippen LogP contribution in [-0.2, 0) is 7.05 Å². The number of H-pyrrole nitrogens is 1. The molecule has 0 amide bonds. The summed E-state index contributed by atoms with van der Waals surface area (Å²) in [6.07, 6.45) is 5.15. The zero-order chi connectivity index (χ0) is 22.1. The Hall–Kier alpha value is -2.37. The number of hydrogen-bond acceptors (Lipinski definition) is 3. The number of likely N-dealkylation sites (tertiary alicyclic amines) is 1. The summed E-state index contributed by atoms with van der Waals surface area (Å²) < 4.78 is 1.68. The lowest BCUT2D eigenvalue weighted by Gasteiger charge is -2.32. The summed E-state index contributed by atoms with van der Waals surface area (Å²) in [4.78, 5) is 18.3. The Morgan fingerprint density at radius 1 is 1.19 bits per heavy atom. The number of piperidine rings is 1. The van der Waals surface area contributed by atoms with E-state index in [9.17, 15) is 4.79 Å². The molecule has 2 aromatic heterocycles. The summed E-state index contributed by atoms with van der Waals surface area (Å²) in [5.74, 6) is 0.963. The van der Waals surface area contributed by atoms with E-state index >= 15 is 0 Å². The maximum atomic E-state index is 12.2. The fraction of sp³-hybridized carbons (Fsp3) is 0.500. The van der Waals surface area contributed by atoms with Gasteiger partial charge in [-0.1, -0.05) is 19.9 Å². The molecule has 5 nitrogen and oxygen atoms in total. The third-order valence-corrected chi connectivity index (χ3v) is 6.78. The number of nitrogens with zero attached hydrogens (tertiary/aromatic N) is 2. The number of aromatic amines is 1. The van der Waals surface area contributed by atoms with Crippen molar-refractivity contribution in [1.82, 2.24) is 14.5 Å². The third kappa shape index (κ3) is 4.35. The highest BCUT2D eigenvalue weighted by atomic mass is 16.3. The first-order valence-electron chi connectivity index (χ1n) is 11.6. The second kappa shape index (κ2) is 9.01. The van der Waals surface area contributed by atoms with E-state index in [4.69, 9.17) is 5.11 Å². The number of nitrogens with one attached hydrogen (secondary N) is 1. The highest BCUT2D eigenvalue weighted by molar-refractivity contribution is 5.92. The molecule has 1 aromatic carbocycles. The predicted octanol–water partition coefficient (Wildman–Crippen LogP) is 4.53. The molecule has 4 rings (SSSR count). The van der Waals surface area contributed by atoms with Crippen LogP contribution in [0.4, 0.5) is 0 Å². The lowest BCUT2D eigenvalue weighted by atomic mass is 9.87. The number of aliphatic hydroxyl groups is 1. The number of pyridine rings is 1. The lowest BCUT2D eigenvalue weighted by Crippen LogP contribution is -2.34. The first-order chi connectivity index (χ1) is 14.9. The van der Waals surface area contributed by atoms with E-state index in [2.05, 4.69) is 41.9 Å². The summed E-state index contributed by atoms with van der Waals surface area (Å²) in [6.45, 7) is 9.86. The van der Waals surface area contributed by atoms with E-state index in [1.54, 1.807) is 4.57 Å². The van der Waals surface area contributed by atoms with Gasteiger partial charge >= 0.3 is 0 Å². The van der Waals surface area contributed by atoms with E-state index < -0.39 is 0 Å². The van der Waals surface area contributed by atoms with Crippen molar-refractivity contribution in [3.63, 3.8) is 0 Å². The quantitative estimate of drug-likeness (QED) is 0.615. The van der Waals surface area contributed by atoms with E-state index in [1.807, 2.05) is 26.2 Å². The van der Waals surface area contributed by atoms with Crippen LogP contribution in [0.1, 0.15) is 61.6 Å². The highest BCUT2D eigenvalue weighted by Crippen LogP contribution is 2.38. The second-order valence-corrected chi connectivity index (χ2v) is 9.39. The van der Waals surface area contributed by atoms with Crippen molar-refractivity contribution in [3.05, 3.63) is 57.5 Å². The Labute approximate surface area is 184 Å². The van der Waals surface area contributed by atoms with Gasteiger partial charge in [-0.2, -0.15) is 0 Å². The van der Waals surface area contributed by atoms with Crippen molar-refractivity contribution in [2.75, 3.05) is 26.2 Å². The molecule has 1 saturated heterocycles. The topological polar surface area (TPSA) is 61.3 Å². The summed E-state index contributed by atoms with van der Waals surface area (Å²) in [6, 6.07) is 8.91. The van der Waals surface area contributed by atoms with Gasteiger partial charge in [0.25, 0.3) is 5.56 Å². The molecule has 1 aliphatic heterocycles. The van der Waals surface area contributed by atoms with Crippen LogP contribution in [0.15, 0.2) is 35.3 Å². The van der Waals surface area contributed by atoms with Crippen molar-refractivity contribution in [2.45, 2.75) is 51.9 Å². The standard InChI is InChI=1S/C26H35N3O2/c1-17(2)24-22-15-20(19-8-11-29(12-9-19)10-5-13-30)6-7-23(22)27-25(24)21-14-18(3)26(31)28(4)16-21/h6-7,14-17,19,27,30H,5,8-13H2,1-4H3. The normalized spacial score (nSPS) is 15.9. The van der Waals surface area contributed by atoms with Crippen LogP contribution >= 0.6 is 0 Å². The van der Waals surface area contributed by atoms with Crippen LogP contribution in [0.25, 0.3) is 22.2 Å². The van der Waals surface area contributed by atoms with Gasteiger partial charge in [-0.3, -0.25) is 4.79 Å². The van der Waals surface area contributed by atoms with Crippen LogP contribution in [0.5, 0.6) is 0 Å². The molecule has 31 heavy (non-hydrogen) atoms. The first kappa shape index (κ1) is 21.8. The molecule has 0 spiro atoms. The number of aromatic nitrogens is 2. The minimum Gasteiger partial charge on any atom is -0.396 e. The maximum Gasteiger partial charge on any atom is 0.253 e. The molecular weight excluding hydrogens is 386 g/mol. The monoisotopic (exact) mass is 421 g/mol. The average molecular weight is 422 g/mol. The highest BCUT2D eigenvalue weighted by Gasteiger charge is 2.22. The predicted molar refractivity (Wildman–Crippen MR) is 128 cm³/mol. The zero-order valence-electron chi connectivity index (χ0n) is 19.2. The van der Waals surface area contributed by atoms with Gasteiger partial charge in [-0.05, 0) is 80.4 Å². The molecule has 0 aliphatic carbocycles. The van der Waals surface area contributed by atoms with Gasteiger partial charge in [0.2, 0.25) is 0 Å². The number of fused-ring (bicyclic) bond motifs is 1. The smallest absolute Gasteiger partial charge is 0.253 e. The molecule has 2 N–H and O–H groups in total. The molecule has 5 heteroatoms. The number of benzene rings is 1. The molecule has 0 saturated carbocycles. The van der Waals surface area contributed by atoms with E-state index in [-0.39, 0.29) is 12.2 Å². The summed E-state index contributed by atoms with van der Waals surface area (Å²) in [5, 5.41) is 10.4. The Morgan fingerprint density at radius 2 is 1.94 bits per heavy atom. The fourth-order valence-corrected chi connectivity index (χ4v) is 5.11. The van der Waals surface area contributed by atoms with Crippen molar-refractivity contribution in [1.29, 1.82) is 0 Å². The van der Waals surface area contributed by atoms with Crippen molar-refractivity contribution in [2.24, 2.45) is 7.05 Å². The Kier molecular flexibility index (Phi) is 6.35. The van der Waals surface area contributed by atoms with Gasteiger partial charge in [0, 0.05) is 48.4 Å². The van der Waals surface area contributed by atoms with Crippen molar-refractivity contribution < 1.29 is 5.11 Å². The number of aryl methyl sites for hydroxylation is 2. The molecular formula is C26H35N3O2. The van der Waals surface area contributed by atoms with Gasteiger partial charge in [0.1, 0.15) is 0 Å². The molecule has 0 radical (unpaired) electrons. The van der Waals surface area contributed by atoms with E-state index in [0.717, 1.165) is 48.4 Å². The molecule has 166 valence electrons. The largest absolute Gasteiger partial charge is 0.396 e. The Morgan fingerprint density at radius 3 is 2.58 bits per heavy atom. The van der Waals surface area contributed by atoms with Crippen LogP contribution in [0, 0.1) is 6.92 Å². The molecule has 3 heterocycles. The number of aliphatic hydroxyl groups excluding tert-OH is 1. The van der Waals surface area contributed by atoms with Crippen LogP contribution < -0.4 is 5.56 Å². The minimum absolute atomic E-state index is 0.0542. The molecule has 3 aromatic rings. The fourth-order valence-electron chi connectivity index (χ4n) is 5.11. The van der Waals surface area contributed by atoms with Crippen LogP contribution in [-0.4, -0.2) is 45.8 Å². The van der Waals surface area contributed by atoms with E-state index in [1.165, 1.54) is 29.4 Å². The summed E-state index contributed by atoms with van der Waals surface area (Å²) >= 11 is 0. The van der Waals surface area contributed by atoms with Gasteiger partial charge in [-0.15, -0.1) is 0 Å². The molecule has 0 bridgehead atoms. The average Bonchev–Trinajstić information content (AvgIpc) is 3.15. The van der Waals surface area contributed by atoms with E-state index in [0.29, 0.717) is 11.8 Å². The van der Waals surface area contributed by atoms with Crippen LogP contribution in [0.2, 0.25) is 0 Å². The van der Waals surface area contributed by atoms with Crippen molar-refractivity contribution >= 4 is 10.9 Å². The lowest BCUT2D eigenvalue weighted by molar-refractivity contribution is 0.187. The molecule has 1 aliphatic rings. The SMILES string of the molecule is Cc1cc(-c2[nH]c3ccc(C4CCN(CCCO)CC4)cc3c2C(C)C)cn(C)c1=O. The number of hydrogen-bond donors (Lipinski definition) is 2.